The van der Waals surface area contributed by atoms with Gasteiger partial charge >= 0.3 is 0 Å². The van der Waals surface area contributed by atoms with E-state index in [1.54, 1.807) is 0 Å². The fourth-order valence-electron chi connectivity index (χ4n) is 8.64. The molecule has 1 aliphatic heterocycles. The van der Waals surface area contributed by atoms with Gasteiger partial charge in [0.2, 0.25) is 0 Å². The molecule has 4 saturated carbocycles. The highest BCUT2D eigenvalue weighted by Crippen LogP contribution is 2.65. The molecule has 5 aliphatic rings. The molecule has 5 rings (SSSR count). The Balaban J connectivity index is 1.27. The van der Waals surface area contributed by atoms with E-state index >= 15 is 0 Å². The maximum Gasteiger partial charge on any atom is 0.168 e. The first-order chi connectivity index (χ1) is 13.2. The summed E-state index contributed by atoms with van der Waals surface area (Å²) in [6.07, 6.45) is 15.2. The van der Waals surface area contributed by atoms with Crippen LogP contribution in [0.4, 0.5) is 0 Å². The molecule has 0 aromatic rings. The number of hydrogen-bond donors (Lipinski definition) is 0. The second-order valence-corrected chi connectivity index (χ2v) is 10.7. The second kappa shape index (κ2) is 7.29. The van der Waals surface area contributed by atoms with Crippen LogP contribution in [0.1, 0.15) is 77.6 Å². The summed E-state index contributed by atoms with van der Waals surface area (Å²) >= 11 is 0. The minimum absolute atomic E-state index is 0.184. The normalized spacial score (nSPS) is 48.2. The largest absolute Gasteiger partial charge is 0.385 e. The highest BCUT2D eigenvalue weighted by Gasteiger charge is 2.58. The third-order valence-corrected chi connectivity index (χ3v) is 9.86. The highest BCUT2D eigenvalue weighted by atomic mass is 16.7. The van der Waals surface area contributed by atoms with E-state index in [1.165, 1.54) is 64.2 Å². The molecular weight excluding hydrogens is 336 g/mol. The molecule has 1 spiro atoms. The van der Waals surface area contributed by atoms with E-state index in [0.29, 0.717) is 5.41 Å². The molecule has 0 amide bonds. The Bertz CT molecular complexity index is 528. The molecule has 0 aromatic carbocycles. The van der Waals surface area contributed by atoms with E-state index in [1.807, 2.05) is 7.11 Å². The molecule has 7 atom stereocenters. The van der Waals surface area contributed by atoms with Gasteiger partial charge in [-0.05, 0) is 98.7 Å². The number of fused-ring (bicyclic) bond motifs is 5. The average molecular weight is 377 g/mol. The van der Waals surface area contributed by atoms with E-state index < -0.39 is 0 Å². The zero-order valence-corrected chi connectivity index (χ0v) is 17.6. The summed E-state index contributed by atoms with van der Waals surface area (Å²) in [4.78, 5) is 0. The van der Waals surface area contributed by atoms with E-state index in [0.717, 1.165) is 61.7 Å². The summed E-state index contributed by atoms with van der Waals surface area (Å²) in [6, 6.07) is 0. The van der Waals surface area contributed by atoms with Crippen molar-refractivity contribution >= 4 is 0 Å². The monoisotopic (exact) mass is 376 g/mol. The average Bonchev–Trinajstić information content (AvgIpc) is 3.26. The van der Waals surface area contributed by atoms with Gasteiger partial charge in [0.05, 0.1) is 13.2 Å². The molecule has 0 radical (unpaired) electrons. The van der Waals surface area contributed by atoms with Gasteiger partial charge in [-0.1, -0.05) is 6.92 Å². The van der Waals surface area contributed by atoms with Crippen LogP contribution in [0.25, 0.3) is 0 Å². The molecule has 0 bridgehead atoms. The lowest BCUT2D eigenvalue weighted by molar-refractivity contribution is -0.209. The molecular formula is C24H40O3. The Labute approximate surface area is 165 Å². The SMILES string of the molecule is COCCCC1CCC2C3CC[C@@H]4CC5(CCC4C3CC[C@]12C)OCCO5. The van der Waals surface area contributed by atoms with Gasteiger partial charge in [0, 0.05) is 26.6 Å². The van der Waals surface area contributed by atoms with Crippen molar-refractivity contribution in [2.45, 2.75) is 83.3 Å². The fraction of sp³-hybridized carbons (Fsp3) is 1.00. The maximum absolute atomic E-state index is 6.08. The van der Waals surface area contributed by atoms with Crippen molar-refractivity contribution in [3.63, 3.8) is 0 Å². The molecule has 4 aliphatic carbocycles. The fourth-order valence-corrected chi connectivity index (χ4v) is 8.64. The summed E-state index contributed by atoms with van der Waals surface area (Å²) in [5.41, 5.74) is 0.620. The molecule has 3 heteroatoms. The molecule has 27 heavy (non-hydrogen) atoms. The highest BCUT2D eigenvalue weighted by molar-refractivity contribution is 5.06. The van der Waals surface area contributed by atoms with Gasteiger partial charge in [0.25, 0.3) is 0 Å². The standard InChI is InChI=1S/C24H40O3/c1-23-11-9-20-19-10-12-24(26-14-15-27-24)16-17(19)5-7-21(20)22(23)8-6-18(23)4-3-13-25-2/h17-22H,3-16H2,1-2H3/t17-,18?,19?,20?,21?,22?,23-/m1/s1. The van der Waals surface area contributed by atoms with Crippen molar-refractivity contribution in [1.82, 2.24) is 0 Å². The van der Waals surface area contributed by atoms with Gasteiger partial charge in [-0.15, -0.1) is 0 Å². The molecule has 1 heterocycles. The first-order valence-corrected chi connectivity index (χ1v) is 11.9. The maximum atomic E-state index is 6.08. The molecule has 3 nitrogen and oxygen atoms in total. The quantitative estimate of drug-likeness (QED) is 0.613. The van der Waals surface area contributed by atoms with Gasteiger partial charge in [0.15, 0.2) is 5.79 Å². The number of rotatable bonds is 4. The third kappa shape index (κ3) is 3.11. The predicted molar refractivity (Wildman–Crippen MR) is 106 cm³/mol. The van der Waals surface area contributed by atoms with Crippen LogP contribution in [-0.2, 0) is 14.2 Å². The Morgan fingerprint density at radius 1 is 0.889 bits per heavy atom. The first kappa shape index (κ1) is 18.9. The molecule has 5 unspecified atom stereocenters. The number of methoxy groups -OCH3 is 1. The molecule has 154 valence electrons. The minimum atomic E-state index is -0.184. The smallest absolute Gasteiger partial charge is 0.168 e. The van der Waals surface area contributed by atoms with E-state index in [4.69, 9.17) is 14.2 Å². The Morgan fingerprint density at radius 2 is 1.70 bits per heavy atom. The lowest BCUT2D eigenvalue weighted by Gasteiger charge is -2.57. The van der Waals surface area contributed by atoms with E-state index in [2.05, 4.69) is 6.92 Å². The van der Waals surface area contributed by atoms with Gasteiger partial charge in [-0.25, -0.2) is 0 Å². The van der Waals surface area contributed by atoms with Gasteiger partial charge in [0.1, 0.15) is 0 Å². The van der Waals surface area contributed by atoms with Crippen LogP contribution in [0.5, 0.6) is 0 Å². The zero-order chi connectivity index (χ0) is 18.5. The van der Waals surface area contributed by atoms with E-state index in [9.17, 15) is 0 Å². The molecule has 5 fully saturated rings. The summed E-state index contributed by atoms with van der Waals surface area (Å²) in [7, 11) is 1.85. The lowest BCUT2D eigenvalue weighted by Crippen LogP contribution is -2.51. The van der Waals surface area contributed by atoms with Crippen LogP contribution >= 0.6 is 0 Å². The van der Waals surface area contributed by atoms with Gasteiger partial charge < -0.3 is 14.2 Å². The minimum Gasteiger partial charge on any atom is -0.385 e. The van der Waals surface area contributed by atoms with Crippen molar-refractivity contribution in [1.29, 1.82) is 0 Å². The van der Waals surface area contributed by atoms with Crippen molar-refractivity contribution in [2.75, 3.05) is 26.9 Å². The summed E-state index contributed by atoms with van der Waals surface area (Å²) in [6.45, 7) is 5.24. The third-order valence-electron chi connectivity index (χ3n) is 9.86. The van der Waals surface area contributed by atoms with Gasteiger partial charge in [-0.2, -0.15) is 0 Å². The molecule has 1 saturated heterocycles. The van der Waals surface area contributed by atoms with E-state index in [-0.39, 0.29) is 5.79 Å². The molecule has 0 N–H and O–H groups in total. The Morgan fingerprint density at radius 3 is 2.52 bits per heavy atom. The van der Waals surface area contributed by atoms with Crippen LogP contribution in [0.3, 0.4) is 0 Å². The summed E-state index contributed by atoms with van der Waals surface area (Å²) < 4.78 is 17.5. The summed E-state index contributed by atoms with van der Waals surface area (Å²) in [5, 5.41) is 0. The zero-order valence-electron chi connectivity index (χ0n) is 17.6. The lowest BCUT2D eigenvalue weighted by atomic mass is 9.49. The van der Waals surface area contributed by atoms with Crippen molar-refractivity contribution < 1.29 is 14.2 Å². The van der Waals surface area contributed by atoms with Crippen molar-refractivity contribution in [2.24, 2.45) is 40.9 Å². The summed E-state index contributed by atoms with van der Waals surface area (Å²) in [5.74, 6) is 5.60. The topological polar surface area (TPSA) is 27.7 Å². The van der Waals surface area contributed by atoms with Crippen molar-refractivity contribution in [3.8, 4) is 0 Å². The Kier molecular flexibility index (Phi) is 5.10. The predicted octanol–water partition coefficient (Wildman–Crippen LogP) is 5.42. The number of ether oxygens (including phenoxy) is 3. The van der Waals surface area contributed by atoms with Crippen LogP contribution < -0.4 is 0 Å². The van der Waals surface area contributed by atoms with Crippen LogP contribution in [0.2, 0.25) is 0 Å². The van der Waals surface area contributed by atoms with Crippen LogP contribution in [0.15, 0.2) is 0 Å². The Hall–Kier alpha value is -0.120. The molecule has 0 aromatic heterocycles. The second-order valence-electron chi connectivity index (χ2n) is 10.7. The van der Waals surface area contributed by atoms with Crippen LogP contribution in [0, 0.1) is 40.9 Å². The number of hydrogen-bond acceptors (Lipinski definition) is 3. The first-order valence-electron chi connectivity index (χ1n) is 11.9. The van der Waals surface area contributed by atoms with Gasteiger partial charge in [-0.3, -0.25) is 0 Å². The van der Waals surface area contributed by atoms with Crippen molar-refractivity contribution in [3.05, 3.63) is 0 Å². The van der Waals surface area contributed by atoms with Crippen LogP contribution in [-0.4, -0.2) is 32.7 Å².